The van der Waals surface area contributed by atoms with Gasteiger partial charge in [-0.1, -0.05) is 44.7 Å². The third-order valence-electron chi connectivity index (χ3n) is 3.29. The molecular formula is C16H20N6OS. The molecule has 0 bridgehead atoms. The van der Waals surface area contributed by atoms with Gasteiger partial charge in [0.2, 0.25) is 11.1 Å². The summed E-state index contributed by atoms with van der Waals surface area (Å²) in [6.45, 7) is 7.72. The molecule has 1 heterocycles. The third kappa shape index (κ3) is 3.86. The highest BCUT2D eigenvalue weighted by Crippen LogP contribution is 2.26. The number of carbonyl (C=O) groups excluding carboxylic acids is 1. The topological polar surface area (TPSA) is 110 Å². The predicted molar refractivity (Wildman–Crippen MR) is 94.0 cm³/mol. The number of para-hydroxylation sites is 1. The molecule has 1 amide bonds. The molecule has 0 radical (unpaired) electrons. The Kier molecular flexibility index (Phi) is 5.14. The number of nitrogens with zero attached hydrogens (tertiary/aromatic N) is 4. The Balaban J connectivity index is 2.10. The molecule has 8 heteroatoms. The molecule has 0 spiro atoms. The molecule has 2 aromatic rings. The van der Waals surface area contributed by atoms with Gasteiger partial charge in [-0.3, -0.25) is 4.79 Å². The van der Waals surface area contributed by atoms with Crippen molar-refractivity contribution < 1.29 is 4.79 Å². The maximum Gasteiger partial charge on any atom is 0.237 e. The number of carbonyl (C=O) groups is 1. The van der Waals surface area contributed by atoms with Gasteiger partial charge in [-0.2, -0.15) is 5.26 Å². The molecule has 3 N–H and O–H groups in total. The minimum absolute atomic E-state index is 0.233. The van der Waals surface area contributed by atoms with Crippen molar-refractivity contribution in [2.75, 3.05) is 11.2 Å². The lowest BCUT2D eigenvalue weighted by Crippen LogP contribution is -2.26. The summed E-state index contributed by atoms with van der Waals surface area (Å²) in [5.74, 6) is 6.44. The van der Waals surface area contributed by atoms with E-state index in [-0.39, 0.29) is 11.3 Å². The Hall–Kier alpha value is -2.53. The van der Waals surface area contributed by atoms with Crippen LogP contribution < -0.4 is 11.2 Å². The normalized spacial score (nSPS) is 12.5. The molecule has 2 rings (SSSR count). The smallest absolute Gasteiger partial charge is 0.237 e. The summed E-state index contributed by atoms with van der Waals surface area (Å²) in [6.07, 6.45) is 0. The Labute approximate surface area is 145 Å². The Bertz CT molecular complexity index is 787. The van der Waals surface area contributed by atoms with E-state index < -0.39 is 5.25 Å². The number of benzene rings is 1. The molecule has 24 heavy (non-hydrogen) atoms. The average Bonchev–Trinajstić information content (AvgIpc) is 2.88. The van der Waals surface area contributed by atoms with Crippen molar-refractivity contribution in [2.24, 2.45) is 0 Å². The number of nitriles is 1. The first-order chi connectivity index (χ1) is 11.2. The zero-order chi connectivity index (χ0) is 17.9. The molecule has 1 unspecified atom stereocenters. The maximum absolute atomic E-state index is 12.4. The second-order valence-corrected chi connectivity index (χ2v) is 7.64. The highest BCUT2D eigenvalue weighted by atomic mass is 32.2. The monoisotopic (exact) mass is 344 g/mol. The van der Waals surface area contributed by atoms with E-state index >= 15 is 0 Å². The van der Waals surface area contributed by atoms with Crippen molar-refractivity contribution >= 4 is 23.4 Å². The van der Waals surface area contributed by atoms with Gasteiger partial charge in [-0.25, -0.2) is 4.68 Å². The highest BCUT2D eigenvalue weighted by Gasteiger charge is 2.25. The molecular weight excluding hydrogens is 324 g/mol. The summed E-state index contributed by atoms with van der Waals surface area (Å²) in [6, 6.07) is 8.91. The van der Waals surface area contributed by atoms with Gasteiger partial charge in [-0.05, 0) is 19.1 Å². The van der Waals surface area contributed by atoms with E-state index in [0.29, 0.717) is 22.2 Å². The minimum atomic E-state index is -0.448. The number of hydrogen-bond acceptors (Lipinski definition) is 6. The van der Waals surface area contributed by atoms with Crippen LogP contribution in [0.5, 0.6) is 0 Å². The van der Waals surface area contributed by atoms with Crippen molar-refractivity contribution in [2.45, 2.75) is 43.5 Å². The average molecular weight is 344 g/mol. The van der Waals surface area contributed by atoms with Gasteiger partial charge in [-0.15, -0.1) is 10.2 Å². The van der Waals surface area contributed by atoms with Crippen molar-refractivity contribution in [3.05, 3.63) is 35.7 Å². The summed E-state index contributed by atoms with van der Waals surface area (Å²) in [4.78, 5) is 12.4. The van der Waals surface area contributed by atoms with Crippen LogP contribution in [0.4, 0.5) is 5.69 Å². The van der Waals surface area contributed by atoms with Crippen LogP contribution in [0.3, 0.4) is 0 Å². The van der Waals surface area contributed by atoms with Crippen LogP contribution >= 0.6 is 11.8 Å². The van der Waals surface area contributed by atoms with Crippen LogP contribution in [0.2, 0.25) is 0 Å². The standard InChI is InChI=1S/C16H20N6OS/c1-10(13(23)19-12-8-6-5-7-11(12)9-17)24-15-21-20-14(22(15)18)16(2,3)4/h5-8,10H,18H2,1-4H3,(H,19,23). The van der Waals surface area contributed by atoms with E-state index in [9.17, 15) is 4.79 Å². The number of amides is 1. The molecule has 1 aromatic carbocycles. The van der Waals surface area contributed by atoms with E-state index in [0.717, 1.165) is 0 Å². The highest BCUT2D eigenvalue weighted by molar-refractivity contribution is 8.00. The minimum Gasteiger partial charge on any atom is -0.336 e. The SMILES string of the molecule is CC(Sc1nnc(C(C)(C)C)n1N)C(=O)Nc1ccccc1C#N. The summed E-state index contributed by atoms with van der Waals surface area (Å²) in [5.41, 5.74) is 0.666. The molecule has 0 saturated carbocycles. The molecule has 0 saturated heterocycles. The van der Waals surface area contributed by atoms with Crippen molar-refractivity contribution in [3.63, 3.8) is 0 Å². The van der Waals surface area contributed by atoms with E-state index in [2.05, 4.69) is 21.6 Å². The second-order valence-electron chi connectivity index (χ2n) is 6.33. The van der Waals surface area contributed by atoms with Crippen LogP contribution in [0, 0.1) is 11.3 Å². The largest absolute Gasteiger partial charge is 0.336 e. The van der Waals surface area contributed by atoms with Crippen LogP contribution in [-0.4, -0.2) is 26.0 Å². The third-order valence-corrected chi connectivity index (χ3v) is 4.35. The van der Waals surface area contributed by atoms with Gasteiger partial charge in [0.1, 0.15) is 6.07 Å². The quantitative estimate of drug-likeness (QED) is 0.650. The van der Waals surface area contributed by atoms with Crippen LogP contribution in [0.25, 0.3) is 0 Å². The zero-order valence-electron chi connectivity index (χ0n) is 14.1. The van der Waals surface area contributed by atoms with Gasteiger partial charge < -0.3 is 11.2 Å². The molecule has 0 aliphatic heterocycles. The molecule has 126 valence electrons. The van der Waals surface area contributed by atoms with Gasteiger partial charge >= 0.3 is 0 Å². The van der Waals surface area contributed by atoms with Crippen molar-refractivity contribution in [1.82, 2.24) is 14.9 Å². The van der Waals surface area contributed by atoms with Gasteiger partial charge in [0, 0.05) is 5.41 Å². The predicted octanol–water partition coefficient (Wildman–Crippen LogP) is 2.28. The number of nitrogens with one attached hydrogen (secondary N) is 1. The first kappa shape index (κ1) is 17.8. The summed E-state index contributed by atoms with van der Waals surface area (Å²) < 4.78 is 1.41. The first-order valence-electron chi connectivity index (χ1n) is 7.41. The van der Waals surface area contributed by atoms with Crippen LogP contribution in [0.1, 0.15) is 39.1 Å². The molecule has 0 fully saturated rings. The summed E-state index contributed by atoms with van der Waals surface area (Å²) >= 11 is 1.22. The fourth-order valence-electron chi connectivity index (χ4n) is 2.00. The number of nitrogens with two attached hydrogens (primary N) is 1. The van der Waals surface area contributed by atoms with Crippen molar-refractivity contribution in [3.8, 4) is 6.07 Å². The zero-order valence-corrected chi connectivity index (χ0v) is 14.9. The van der Waals surface area contributed by atoms with Gasteiger partial charge in [0.05, 0.1) is 16.5 Å². The Morgan fingerprint density at radius 2 is 2.04 bits per heavy atom. The first-order valence-corrected chi connectivity index (χ1v) is 8.29. The van der Waals surface area contributed by atoms with Gasteiger partial charge in [0.25, 0.3) is 0 Å². The number of thioether (sulfide) groups is 1. The second kappa shape index (κ2) is 6.93. The molecule has 1 atom stereocenters. The van der Waals surface area contributed by atoms with E-state index in [4.69, 9.17) is 11.1 Å². The molecule has 7 nitrogen and oxygen atoms in total. The van der Waals surface area contributed by atoms with E-state index in [1.54, 1.807) is 31.2 Å². The number of aromatic nitrogens is 3. The van der Waals surface area contributed by atoms with Crippen LogP contribution in [-0.2, 0) is 10.2 Å². The Morgan fingerprint density at radius 1 is 1.38 bits per heavy atom. The maximum atomic E-state index is 12.4. The molecule has 1 aromatic heterocycles. The number of nitrogen functional groups attached to an aromatic ring is 1. The lowest BCUT2D eigenvalue weighted by atomic mass is 9.96. The molecule has 0 aliphatic carbocycles. The fraction of sp³-hybridized carbons (Fsp3) is 0.375. The fourth-order valence-corrected chi connectivity index (χ4v) is 2.77. The van der Waals surface area contributed by atoms with Crippen molar-refractivity contribution in [1.29, 1.82) is 5.26 Å². The number of anilines is 1. The summed E-state index contributed by atoms with van der Waals surface area (Å²) in [5, 5.41) is 20.0. The summed E-state index contributed by atoms with van der Waals surface area (Å²) in [7, 11) is 0. The van der Waals surface area contributed by atoms with E-state index in [1.165, 1.54) is 16.4 Å². The lowest BCUT2D eigenvalue weighted by molar-refractivity contribution is -0.115. The van der Waals surface area contributed by atoms with Gasteiger partial charge in [0.15, 0.2) is 5.82 Å². The Morgan fingerprint density at radius 3 is 2.62 bits per heavy atom. The van der Waals surface area contributed by atoms with Crippen LogP contribution in [0.15, 0.2) is 29.4 Å². The number of rotatable bonds is 4. The lowest BCUT2D eigenvalue weighted by Gasteiger charge is -2.17. The number of hydrogen-bond donors (Lipinski definition) is 2. The molecule has 0 aliphatic rings. The van der Waals surface area contributed by atoms with E-state index in [1.807, 2.05) is 20.8 Å².